The summed E-state index contributed by atoms with van der Waals surface area (Å²) in [7, 11) is 0. The highest BCUT2D eigenvalue weighted by atomic mass is 16.4. The number of anilines is 3. The van der Waals surface area contributed by atoms with E-state index in [0.717, 1.165) is 53.3 Å². The Morgan fingerprint density at radius 1 is 0.943 bits per heavy atom. The quantitative estimate of drug-likeness (QED) is 0.408. The Labute approximate surface area is 207 Å². The van der Waals surface area contributed by atoms with Crippen LogP contribution in [-0.4, -0.2) is 23.3 Å². The summed E-state index contributed by atoms with van der Waals surface area (Å²) in [5, 5.41) is 9.40. The van der Waals surface area contributed by atoms with E-state index >= 15 is 0 Å². The van der Waals surface area contributed by atoms with Gasteiger partial charge in [0.25, 0.3) is 0 Å². The molecule has 0 saturated carbocycles. The smallest absolute Gasteiger partial charge is 0.335 e. The second-order valence-electron chi connectivity index (χ2n) is 11.0. The highest BCUT2D eigenvalue weighted by Crippen LogP contribution is 2.50. The first-order valence-electron chi connectivity index (χ1n) is 12.3. The van der Waals surface area contributed by atoms with Crippen molar-refractivity contribution in [3.05, 3.63) is 82.4 Å². The van der Waals surface area contributed by atoms with E-state index in [4.69, 9.17) is 10.7 Å². The van der Waals surface area contributed by atoms with Crippen LogP contribution in [-0.2, 0) is 10.8 Å². The first kappa shape index (κ1) is 23.2. The number of nitrogens with zero attached hydrogens (tertiary/aromatic N) is 2. The van der Waals surface area contributed by atoms with Gasteiger partial charge in [0, 0.05) is 23.4 Å². The molecule has 0 spiro atoms. The van der Waals surface area contributed by atoms with Crippen molar-refractivity contribution >= 4 is 34.4 Å². The monoisotopic (exact) mass is 467 g/mol. The summed E-state index contributed by atoms with van der Waals surface area (Å²) in [5.41, 5.74) is 15.7. The van der Waals surface area contributed by atoms with E-state index < -0.39 is 5.97 Å². The molecule has 5 heteroatoms. The third-order valence-corrected chi connectivity index (χ3v) is 7.76. The summed E-state index contributed by atoms with van der Waals surface area (Å²) in [6.45, 7) is 12.3. The number of nitrogens with two attached hydrogens (primary N) is 1. The summed E-state index contributed by atoms with van der Waals surface area (Å²) >= 11 is 0. The minimum Gasteiger partial charge on any atom is -0.478 e. The van der Waals surface area contributed by atoms with Crippen LogP contribution in [0.5, 0.6) is 0 Å². The van der Waals surface area contributed by atoms with Crippen molar-refractivity contribution in [2.75, 3.05) is 17.2 Å². The van der Waals surface area contributed by atoms with Crippen molar-refractivity contribution < 1.29 is 9.90 Å². The van der Waals surface area contributed by atoms with Crippen LogP contribution in [0.25, 0.3) is 0 Å². The van der Waals surface area contributed by atoms with Crippen molar-refractivity contribution in [3.63, 3.8) is 0 Å². The number of nitrogen functional groups attached to an aromatic ring is 1. The Kier molecular flexibility index (Phi) is 5.28. The van der Waals surface area contributed by atoms with E-state index in [1.54, 1.807) is 12.1 Å². The summed E-state index contributed by atoms with van der Waals surface area (Å²) in [6.07, 6.45) is 2.27. The topological polar surface area (TPSA) is 78.9 Å². The first-order valence-corrected chi connectivity index (χ1v) is 12.3. The molecule has 1 heterocycles. The van der Waals surface area contributed by atoms with Gasteiger partial charge < -0.3 is 15.7 Å². The Hall–Kier alpha value is -3.60. The standard InChI is InChI=1S/C30H33N3O2/c1-6-33-25-12-11-20(31)15-24(25)32-27(18-7-9-19(10-8-18)28(34)35)21-16-22-23(17-26(21)33)30(4,5)14-13-29(22,2)3/h7-12,15-17H,6,13-14,31H2,1-5H3,(H,34,35). The van der Waals surface area contributed by atoms with Crippen LogP contribution in [0.4, 0.5) is 22.7 Å². The minimum atomic E-state index is -0.937. The molecule has 0 aromatic heterocycles. The Morgan fingerprint density at radius 2 is 1.57 bits per heavy atom. The molecule has 0 bridgehead atoms. The van der Waals surface area contributed by atoms with Crippen LogP contribution in [0.15, 0.2) is 59.6 Å². The second kappa shape index (κ2) is 7.98. The van der Waals surface area contributed by atoms with Crippen molar-refractivity contribution in [1.82, 2.24) is 0 Å². The highest BCUT2D eigenvalue weighted by Gasteiger charge is 2.39. The van der Waals surface area contributed by atoms with Gasteiger partial charge in [-0.3, -0.25) is 0 Å². The fourth-order valence-electron chi connectivity index (χ4n) is 5.52. The lowest BCUT2D eigenvalue weighted by atomic mass is 9.62. The van der Waals surface area contributed by atoms with Crippen LogP contribution in [0.1, 0.15) is 80.1 Å². The predicted octanol–water partition coefficient (Wildman–Crippen LogP) is 6.96. The molecule has 0 unspecified atom stereocenters. The van der Waals surface area contributed by atoms with Crippen molar-refractivity contribution in [2.45, 2.75) is 58.3 Å². The van der Waals surface area contributed by atoms with Crippen LogP contribution in [0, 0.1) is 0 Å². The number of aliphatic imine (C=N–C) groups is 1. The zero-order chi connectivity index (χ0) is 25.1. The van der Waals surface area contributed by atoms with E-state index in [9.17, 15) is 9.90 Å². The Balaban J connectivity index is 1.84. The number of carboxylic acid groups (broad SMARTS) is 1. The fourth-order valence-corrected chi connectivity index (χ4v) is 5.52. The molecule has 3 N–H and O–H groups in total. The third-order valence-electron chi connectivity index (χ3n) is 7.76. The molecule has 0 fully saturated rings. The van der Waals surface area contributed by atoms with Crippen LogP contribution < -0.4 is 10.6 Å². The summed E-state index contributed by atoms with van der Waals surface area (Å²) in [4.78, 5) is 19.0. The van der Waals surface area contributed by atoms with Gasteiger partial charge in [0.05, 0.1) is 28.3 Å². The molecule has 1 aliphatic carbocycles. The van der Waals surface area contributed by atoms with Gasteiger partial charge in [-0.2, -0.15) is 0 Å². The molecule has 180 valence electrons. The minimum absolute atomic E-state index is 0.0544. The molecular weight excluding hydrogens is 434 g/mol. The van der Waals surface area contributed by atoms with E-state index in [0.29, 0.717) is 5.69 Å². The molecule has 0 saturated heterocycles. The lowest BCUT2D eigenvalue weighted by Crippen LogP contribution is -2.34. The SMILES string of the molecule is CCN1c2ccc(N)cc2N=C(c2ccc(C(=O)O)cc2)c2cc3c(cc21)C(C)(C)CCC3(C)C. The molecule has 0 radical (unpaired) electrons. The van der Waals surface area contributed by atoms with Crippen LogP contribution in [0.2, 0.25) is 0 Å². The largest absolute Gasteiger partial charge is 0.478 e. The number of hydrogen-bond donors (Lipinski definition) is 2. The van der Waals surface area contributed by atoms with Gasteiger partial charge in [-0.1, -0.05) is 39.8 Å². The Morgan fingerprint density at radius 3 is 2.17 bits per heavy atom. The average Bonchev–Trinajstić information content (AvgIpc) is 2.95. The third kappa shape index (κ3) is 3.79. The summed E-state index contributed by atoms with van der Waals surface area (Å²) in [5.74, 6) is -0.937. The van der Waals surface area contributed by atoms with Gasteiger partial charge in [-0.05, 0) is 84.2 Å². The maximum Gasteiger partial charge on any atom is 0.335 e. The van der Waals surface area contributed by atoms with Crippen molar-refractivity contribution in [2.24, 2.45) is 4.99 Å². The molecule has 5 nitrogen and oxygen atoms in total. The number of aromatic carboxylic acids is 1. The molecule has 1 aliphatic heterocycles. The molecular formula is C30H33N3O2. The van der Waals surface area contributed by atoms with Gasteiger partial charge in [-0.15, -0.1) is 0 Å². The number of rotatable bonds is 3. The van der Waals surface area contributed by atoms with Gasteiger partial charge in [-0.25, -0.2) is 9.79 Å². The molecule has 0 amide bonds. The molecule has 0 atom stereocenters. The normalized spacial score (nSPS) is 17.5. The maximum atomic E-state index is 11.5. The number of fused-ring (bicyclic) bond motifs is 3. The predicted molar refractivity (Wildman–Crippen MR) is 144 cm³/mol. The van der Waals surface area contributed by atoms with Crippen LogP contribution in [0.3, 0.4) is 0 Å². The van der Waals surface area contributed by atoms with E-state index in [2.05, 4.69) is 51.7 Å². The molecule has 3 aromatic carbocycles. The molecule has 35 heavy (non-hydrogen) atoms. The second-order valence-corrected chi connectivity index (χ2v) is 11.0. The van der Waals surface area contributed by atoms with E-state index in [-0.39, 0.29) is 16.4 Å². The van der Waals surface area contributed by atoms with Gasteiger partial charge in [0.15, 0.2) is 0 Å². The maximum absolute atomic E-state index is 11.5. The fraction of sp³-hybridized carbons (Fsp3) is 0.333. The van der Waals surface area contributed by atoms with Gasteiger partial charge in [0.1, 0.15) is 0 Å². The Bertz CT molecular complexity index is 1370. The molecule has 2 aliphatic rings. The zero-order valence-electron chi connectivity index (χ0n) is 21.1. The van der Waals surface area contributed by atoms with E-state index in [1.165, 1.54) is 11.1 Å². The molecule has 3 aromatic rings. The average molecular weight is 468 g/mol. The first-order chi connectivity index (χ1) is 16.5. The lowest BCUT2D eigenvalue weighted by molar-refractivity contribution is 0.0697. The van der Waals surface area contributed by atoms with Crippen LogP contribution >= 0.6 is 0 Å². The summed E-state index contributed by atoms with van der Waals surface area (Å²) < 4.78 is 0. The van der Waals surface area contributed by atoms with Gasteiger partial charge >= 0.3 is 5.97 Å². The summed E-state index contributed by atoms with van der Waals surface area (Å²) in [6, 6.07) is 17.6. The number of hydrogen-bond acceptors (Lipinski definition) is 4. The van der Waals surface area contributed by atoms with Crippen molar-refractivity contribution in [3.8, 4) is 0 Å². The number of carboxylic acids is 1. The number of carbonyl (C=O) groups is 1. The zero-order valence-corrected chi connectivity index (χ0v) is 21.1. The highest BCUT2D eigenvalue weighted by molar-refractivity contribution is 6.19. The van der Waals surface area contributed by atoms with E-state index in [1.807, 2.05) is 30.3 Å². The van der Waals surface area contributed by atoms with Gasteiger partial charge in [0.2, 0.25) is 0 Å². The lowest BCUT2D eigenvalue weighted by Gasteiger charge is -2.43. The molecule has 5 rings (SSSR count). The van der Waals surface area contributed by atoms with Crippen molar-refractivity contribution in [1.29, 1.82) is 0 Å². The number of benzene rings is 3.